The summed E-state index contributed by atoms with van der Waals surface area (Å²) in [5.41, 5.74) is 2.43. The lowest BCUT2D eigenvalue weighted by Gasteiger charge is -2.08. The summed E-state index contributed by atoms with van der Waals surface area (Å²) in [5, 5.41) is 10.4. The van der Waals surface area contributed by atoms with E-state index in [0.717, 1.165) is 16.5 Å². The van der Waals surface area contributed by atoms with Crippen molar-refractivity contribution >= 4 is 28.5 Å². The van der Waals surface area contributed by atoms with Crippen molar-refractivity contribution < 1.29 is 14.6 Å². The zero-order valence-electron chi connectivity index (χ0n) is 12.2. The number of aromatic nitrogens is 1. The number of hydrogen-bond donors (Lipinski definition) is 1. The quantitative estimate of drug-likeness (QED) is 0.766. The molecule has 0 spiro atoms. The van der Waals surface area contributed by atoms with Gasteiger partial charge in [-0.2, -0.15) is 0 Å². The van der Waals surface area contributed by atoms with Crippen LogP contribution in [-0.2, 0) is 17.8 Å². The number of carbonyl (C=O) groups is 1. The van der Waals surface area contributed by atoms with Crippen LogP contribution in [0.2, 0.25) is 5.02 Å². The van der Waals surface area contributed by atoms with Gasteiger partial charge in [-0.05, 0) is 41.5 Å². The molecule has 0 radical (unpaired) electrons. The number of fused-ring (bicyclic) bond motifs is 1. The Morgan fingerprint density at radius 1 is 1.13 bits per heavy atom. The number of rotatable bonds is 5. The van der Waals surface area contributed by atoms with Crippen LogP contribution in [0.5, 0.6) is 5.75 Å². The van der Waals surface area contributed by atoms with Crippen molar-refractivity contribution in [2.45, 2.75) is 13.0 Å². The van der Waals surface area contributed by atoms with Crippen LogP contribution in [0.3, 0.4) is 0 Å². The first-order chi connectivity index (χ1) is 11.1. The van der Waals surface area contributed by atoms with Gasteiger partial charge in [-0.15, -0.1) is 0 Å². The summed E-state index contributed by atoms with van der Waals surface area (Å²) in [6, 6.07) is 14.9. The molecule has 0 unspecified atom stereocenters. The van der Waals surface area contributed by atoms with Gasteiger partial charge in [0, 0.05) is 22.7 Å². The summed E-state index contributed by atoms with van der Waals surface area (Å²) < 4.78 is 5.76. The van der Waals surface area contributed by atoms with Gasteiger partial charge in [0.05, 0.1) is 11.9 Å². The minimum Gasteiger partial charge on any atom is -0.489 e. The monoisotopic (exact) mass is 327 g/mol. The Balaban J connectivity index is 1.76. The van der Waals surface area contributed by atoms with Crippen LogP contribution in [0.25, 0.3) is 10.9 Å². The fourth-order valence-corrected chi connectivity index (χ4v) is 2.51. The van der Waals surface area contributed by atoms with Crippen LogP contribution in [0.15, 0.2) is 54.7 Å². The number of ether oxygens (including phenoxy) is 1. The van der Waals surface area contributed by atoms with E-state index in [0.29, 0.717) is 22.9 Å². The molecule has 0 saturated heterocycles. The Bertz CT molecular complexity index is 864. The minimum atomic E-state index is -0.868. The molecule has 2 aromatic carbocycles. The third-order valence-corrected chi connectivity index (χ3v) is 3.60. The van der Waals surface area contributed by atoms with Crippen LogP contribution in [0.4, 0.5) is 0 Å². The number of nitrogens with zero attached hydrogens (tertiary/aromatic N) is 1. The van der Waals surface area contributed by atoms with Crippen molar-refractivity contribution in [3.8, 4) is 5.75 Å². The Hall–Kier alpha value is -2.59. The standard InChI is InChI=1S/C18H14ClNO3/c19-15-3-1-2-12(7-15)11-23-16-5-4-14-6-13(8-18(21)22)10-20-17(14)9-16/h1-7,9-10H,8,11H2,(H,21,22). The lowest BCUT2D eigenvalue weighted by Crippen LogP contribution is -2.00. The van der Waals surface area contributed by atoms with Gasteiger partial charge in [0.2, 0.25) is 0 Å². The topological polar surface area (TPSA) is 59.4 Å². The number of benzene rings is 2. The maximum absolute atomic E-state index is 10.7. The van der Waals surface area contributed by atoms with Crippen molar-refractivity contribution in [2.75, 3.05) is 0 Å². The molecular formula is C18H14ClNO3. The molecule has 0 fully saturated rings. The van der Waals surface area contributed by atoms with E-state index in [2.05, 4.69) is 4.98 Å². The van der Waals surface area contributed by atoms with Crippen molar-refractivity contribution in [3.05, 3.63) is 70.9 Å². The van der Waals surface area contributed by atoms with Crippen molar-refractivity contribution in [2.24, 2.45) is 0 Å². The molecular weight excluding hydrogens is 314 g/mol. The molecule has 0 aliphatic rings. The maximum Gasteiger partial charge on any atom is 0.307 e. The van der Waals surface area contributed by atoms with Crippen molar-refractivity contribution in [1.29, 1.82) is 0 Å². The Kier molecular flexibility index (Phi) is 4.44. The molecule has 1 aromatic heterocycles. The smallest absolute Gasteiger partial charge is 0.307 e. The molecule has 23 heavy (non-hydrogen) atoms. The molecule has 0 bridgehead atoms. The van der Waals surface area contributed by atoms with Crippen LogP contribution in [0.1, 0.15) is 11.1 Å². The summed E-state index contributed by atoms with van der Waals surface area (Å²) in [6.07, 6.45) is 1.55. The highest BCUT2D eigenvalue weighted by molar-refractivity contribution is 6.30. The van der Waals surface area contributed by atoms with E-state index in [-0.39, 0.29) is 6.42 Å². The molecule has 0 amide bonds. The number of carboxylic acids is 1. The summed E-state index contributed by atoms with van der Waals surface area (Å²) in [5.74, 6) is -0.163. The molecule has 0 aliphatic heterocycles. The molecule has 116 valence electrons. The van der Waals surface area contributed by atoms with Crippen LogP contribution in [0, 0.1) is 0 Å². The maximum atomic E-state index is 10.7. The first kappa shape index (κ1) is 15.3. The third-order valence-electron chi connectivity index (χ3n) is 3.36. The predicted molar refractivity (Wildman–Crippen MR) is 88.9 cm³/mol. The minimum absolute atomic E-state index is 0.0318. The van der Waals surface area contributed by atoms with Crippen LogP contribution >= 0.6 is 11.6 Å². The molecule has 5 heteroatoms. The van der Waals surface area contributed by atoms with Gasteiger partial charge in [-0.1, -0.05) is 23.7 Å². The van der Waals surface area contributed by atoms with Crippen molar-refractivity contribution in [3.63, 3.8) is 0 Å². The van der Waals surface area contributed by atoms with Gasteiger partial charge in [-0.3, -0.25) is 9.78 Å². The fraction of sp³-hybridized carbons (Fsp3) is 0.111. The van der Waals surface area contributed by atoms with E-state index < -0.39 is 5.97 Å². The van der Waals surface area contributed by atoms with Gasteiger partial charge >= 0.3 is 5.97 Å². The number of halogens is 1. The Morgan fingerprint density at radius 3 is 2.78 bits per heavy atom. The molecule has 1 N–H and O–H groups in total. The lowest BCUT2D eigenvalue weighted by atomic mass is 10.1. The molecule has 3 aromatic rings. The summed E-state index contributed by atoms with van der Waals surface area (Å²) in [7, 11) is 0. The molecule has 0 atom stereocenters. The van der Waals surface area contributed by atoms with Gasteiger partial charge in [-0.25, -0.2) is 0 Å². The Labute approximate surface area is 138 Å². The van der Waals surface area contributed by atoms with Crippen LogP contribution < -0.4 is 4.74 Å². The summed E-state index contributed by atoms with van der Waals surface area (Å²) >= 11 is 5.95. The van der Waals surface area contributed by atoms with Gasteiger partial charge in [0.25, 0.3) is 0 Å². The molecule has 4 nitrogen and oxygen atoms in total. The molecule has 3 rings (SSSR count). The van der Waals surface area contributed by atoms with Gasteiger partial charge < -0.3 is 9.84 Å². The molecule has 0 saturated carbocycles. The Morgan fingerprint density at radius 2 is 2.00 bits per heavy atom. The van der Waals surface area contributed by atoms with E-state index in [9.17, 15) is 4.79 Å². The highest BCUT2D eigenvalue weighted by Crippen LogP contribution is 2.21. The summed E-state index contributed by atoms with van der Waals surface area (Å²) in [4.78, 5) is 15.0. The van der Waals surface area contributed by atoms with E-state index in [1.807, 2.05) is 48.5 Å². The van der Waals surface area contributed by atoms with Gasteiger partial charge in [0.1, 0.15) is 12.4 Å². The third kappa shape index (κ3) is 3.99. The zero-order chi connectivity index (χ0) is 16.2. The predicted octanol–water partition coefficient (Wildman–Crippen LogP) is 4.09. The molecule has 1 heterocycles. The second kappa shape index (κ2) is 6.67. The average molecular weight is 328 g/mol. The second-order valence-corrected chi connectivity index (χ2v) is 5.62. The van der Waals surface area contributed by atoms with Crippen LogP contribution in [-0.4, -0.2) is 16.1 Å². The largest absolute Gasteiger partial charge is 0.489 e. The fourth-order valence-electron chi connectivity index (χ4n) is 2.30. The highest BCUT2D eigenvalue weighted by atomic mass is 35.5. The van der Waals surface area contributed by atoms with E-state index in [1.54, 1.807) is 6.20 Å². The van der Waals surface area contributed by atoms with E-state index >= 15 is 0 Å². The molecule has 0 aliphatic carbocycles. The first-order valence-corrected chi connectivity index (χ1v) is 7.46. The number of carboxylic acid groups (broad SMARTS) is 1. The van der Waals surface area contributed by atoms with Gasteiger partial charge in [0.15, 0.2) is 0 Å². The summed E-state index contributed by atoms with van der Waals surface area (Å²) in [6.45, 7) is 0.420. The first-order valence-electron chi connectivity index (χ1n) is 7.08. The highest BCUT2D eigenvalue weighted by Gasteiger charge is 2.04. The normalized spacial score (nSPS) is 10.7. The lowest BCUT2D eigenvalue weighted by molar-refractivity contribution is -0.136. The number of pyridine rings is 1. The SMILES string of the molecule is O=C(O)Cc1cnc2cc(OCc3cccc(Cl)c3)ccc2c1. The number of aliphatic carboxylic acids is 1. The van der Waals surface area contributed by atoms with E-state index in [4.69, 9.17) is 21.4 Å². The van der Waals surface area contributed by atoms with Crippen molar-refractivity contribution in [1.82, 2.24) is 4.98 Å². The zero-order valence-corrected chi connectivity index (χ0v) is 13.0. The second-order valence-electron chi connectivity index (χ2n) is 5.19. The number of hydrogen-bond acceptors (Lipinski definition) is 3. The average Bonchev–Trinajstić information content (AvgIpc) is 2.52. The van der Waals surface area contributed by atoms with E-state index in [1.165, 1.54) is 0 Å².